The summed E-state index contributed by atoms with van der Waals surface area (Å²) >= 11 is 0. The van der Waals surface area contributed by atoms with Crippen molar-refractivity contribution in [2.75, 3.05) is 53.4 Å². The first-order chi connectivity index (χ1) is 15.5. The summed E-state index contributed by atoms with van der Waals surface area (Å²) < 4.78 is 2.70. The van der Waals surface area contributed by atoms with Crippen molar-refractivity contribution >= 4 is 0 Å². The molecule has 208 valence electrons. The van der Waals surface area contributed by atoms with Crippen LogP contribution in [0.5, 0.6) is 0 Å². The Morgan fingerprint density at radius 2 is 0.559 bits per heavy atom. The molecule has 0 unspecified atom stereocenters. The summed E-state index contributed by atoms with van der Waals surface area (Å²) in [6.07, 6.45) is 29.1. The van der Waals surface area contributed by atoms with Gasteiger partial charge in [-0.25, -0.2) is 0 Å². The molecule has 1 saturated heterocycles. The lowest BCUT2D eigenvalue weighted by molar-refractivity contribution is -1.02. The third kappa shape index (κ3) is 20.4. The van der Waals surface area contributed by atoms with Crippen LogP contribution < -0.4 is 48.0 Å². The zero-order chi connectivity index (χ0) is 23.4. The van der Waals surface area contributed by atoms with Gasteiger partial charge < -0.3 is 56.9 Å². The maximum Gasteiger partial charge on any atom is 0.128 e. The summed E-state index contributed by atoms with van der Waals surface area (Å²) in [5.41, 5.74) is 0. The van der Waals surface area contributed by atoms with Gasteiger partial charge in [0.25, 0.3) is 0 Å². The van der Waals surface area contributed by atoms with Gasteiger partial charge >= 0.3 is 0 Å². The predicted molar refractivity (Wildman–Crippen MR) is 145 cm³/mol. The van der Waals surface area contributed by atoms with Gasteiger partial charge in [-0.3, -0.25) is 0 Å². The third-order valence-electron chi connectivity index (χ3n) is 8.46. The van der Waals surface area contributed by atoms with Crippen molar-refractivity contribution in [3.05, 3.63) is 0 Å². The van der Waals surface area contributed by atoms with Crippen LogP contribution in [0.15, 0.2) is 0 Å². The minimum absolute atomic E-state index is 0. The molecule has 1 aliphatic rings. The largest absolute Gasteiger partial charge is 1.00 e. The molecule has 34 heavy (non-hydrogen) atoms. The Morgan fingerprint density at radius 3 is 0.794 bits per heavy atom. The predicted octanol–water partition coefficient (Wildman–Crippen LogP) is 2.74. The average Bonchev–Trinajstić information content (AvgIpc) is 2.79. The first-order valence-electron chi connectivity index (χ1n) is 15.2. The summed E-state index contributed by atoms with van der Waals surface area (Å²) in [7, 11) is 5.08. The Hall–Kier alpha value is 1.38. The van der Waals surface area contributed by atoms with Crippen LogP contribution in [0.3, 0.4) is 0 Å². The second-order valence-corrected chi connectivity index (χ2v) is 11.9. The minimum atomic E-state index is 0. The highest BCUT2D eigenvalue weighted by Crippen LogP contribution is 2.20. The number of unbranched alkanes of at least 4 members (excludes halogenated alkanes) is 18. The van der Waals surface area contributed by atoms with Crippen LogP contribution >= 0.6 is 0 Å². The van der Waals surface area contributed by atoms with Gasteiger partial charge in [-0.15, -0.1) is 0 Å². The molecular formula is C30H64I2N2. The van der Waals surface area contributed by atoms with Crippen molar-refractivity contribution in [2.24, 2.45) is 0 Å². The van der Waals surface area contributed by atoms with Gasteiger partial charge in [0.2, 0.25) is 0 Å². The van der Waals surface area contributed by atoms with Crippen LogP contribution in [0.1, 0.15) is 142 Å². The van der Waals surface area contributed by atoms with E-state index in [1.165, 1.54) is 177 Å². The Labute approximate surface area is 251 Å². The van der Waals surface area contributed by atoms with E-state index in [0.717, 1.165) is 0 Å². The lowest BCUT2D eigenvalue weighted by Crippen LogP contribution is -3.00. The number of piperazine rings is 1. The number of rotatable bonds is 22. The molecule has 1 aliphatic heterocycles. The van der Waals surface area contributed by atoms with E-state index < -0.39 is 0 Å². The highest BCUT2D eigenvalue weighted by atomic mass is 127. The van der Waals surface area contributed by atoms with Gasteiger partial charge in [-0.2, -0.15) is 0 Å². The smallest absolute Gasteiger partial charge is 0.128 e. The van der Waals surface area contributed by atoms with E-state index in [4.69, 9.17) is 0 Å². The number of hydrogen-bond acceptors (Lipinski definition) is 0. The van der Waals surface area contributed by atoms with E-state index in [2.05, 4.69) is 27.9 Å². The molecule has 1 fully saturated rings. The fourth-order valence-corrected chi connectivity index (χ4v) is 5.60. The monoisotopic (exact) mass is 706 g/mol. The Kier molecular flexibility index (Phi) is 27.3. The molecule has 0 aromatic rings. The fraction of sp³-hybridized carbons (Fsp3) is 1.00. The van der Waals surface area contributed by atoms with Crippen molar-refractivity contribution in [2.45, 2.75) is 142 Å². The molecule has 1 rings (SSSR count). The van der Waals surface area contributed by atoms with Crippen molar-refractivity contribution in [1.82, 2.24) is 0 Å². The van der Waals surface area contributed by atoms with Crippen LogP contribution in [0.25, 0.3) is 0 Å². The molecule has 0 bridgehead atoms. The molecule has 0 N–H and O–H groups in total. The number of quaternary nitrogens is 2. The topological polar surface area (TPSA) is 0 Å². The van der Waals surface area contributed by atoms with E-state index in [9.17, 15) is 0 Å². The lowest BCUT2D eigenvalue weighted by atomic mass is 10.1. The van der Waals surface area contributed by atoms with Crippen LogP contribution in [0, 0.1) is 0 Å². The lowest BCUT2D eigenvalue weighted by Gasteiger charge is -2.46. The van der Waals surface area contributed by atoms with Crippen molar-refractivity contribution in [3.8, 4) is 0 Å². The fourth-order valence-electron chi connectivity index (χ4n) is 5.60. The SMILES string of the molecule is CCCCCCCCCCCC[N+]1(C)CC[N+](C)(CCCCCCCCCCCC)CC1.[I-].[I-]. The van der Waals surface area contributed by atoms with Gasteiger partial charge in [0.15, 0.2) is 0 Å². The standard InChI is InChI=1S/C30H64N2.2HI/c1-5-7-9-11-13-15-17-19-21-23-25-31(3)27-29-32(4,30-28-31)26-24-22-20-18-16-14-12-10-8-6-2;;/h5-30H2,1-4H3;2*1H/q+2;;/p-2. The summed E-state index contributed by atoms with van der Waals surface area (Å²) in [5.74, 6) is 0. The van der Waals surface area contributed by atoms with Gasteiger partial charge in [-0.05, 0) is 25.7 Å². The Morgan fingerprint density at radius 1 is 0.353 bits per heavy atom. The normalized spacial score (nSPS) is 22.2. The molecule has 4 heteroatoms. The molecule has 2 nitrogen and oxygen atoms in total. The van der Waals surface area contributed by atoms with Gasteiger partial charge in [-0.1, -0.05) is 117 Å². The third-order valence-corrected chi connectivity index (χ3v) is 8.46. The number of nitrogens with zero attached hydrogens (tertiary/aromatic N) is 2. The summed E-state index contributed by atoms with van der Waals surface area (Å²) in [6.45, 7) is 13.1. The van der Waals surface area contributed by atoms with Crippen molar-refractivity contribution in [3.63, 3.8) is 0 Å². The van der Waals surface area contributed by atoms with Gasteiger partial charge in [0.1, 0.15) is 26.2 Å². The molecular weight excluding hydrogens is 642 g/mol. The molecule has 0 amide bonds. The summed E-state index contributed by atoms with van der Waals surface area (Å²) in [5, 5.41) is 0. The number of likely N-dealkylation sites (N-methyl/N-ethyl adjacent to an activating group) is 2. The van der Waals surface area contributed by atoms with E-state index in [0.29, 0.717) is 0 Å². The van der Waals surface area contributed by atoms with Gasteiger partial charge in [0.05, 0.1) is 27.2 Å². The Balaban J connectivity index is 0. The maximum atomic E-state index is 2.54. The second kappa shape index (κ2) is 24.7. The van der Waals surface area contributed by atoms with Crippen molar-refractivity contribution < 1.29 is 56.9 Å². The van der Waals surface area contributed by atoms with E-state index in [1.807, 2.05) is 0 Å². The molecule has 0 spiro atoms. The van der Waals surface area contributed by atoms with Crippen molar-refractivity contribution in [1.29, 1.82) is 0 Å². The summed E-state index contributed by atoms with van der Waals surface area (Å²) in [6, 6.07) is 0. The van der Waals surface area contributed by atoms with Crippen LogP contribution in [0.2, 0.25) is 0 Å². The minimum Gasteiger partial charge on any atom is -1.00 e. The first-order valence-corrected chi connectivity index (χ1v) is 15.2. The number of halogens is 2. The van der Waals surface area contributed by atoms with Gasteiger partial charge in [0, 0.05) is 0 Å². The van der Waals surface area contributed by atoms with Crippen LogP contribution in [-0.2, 0) is 0 Å². The molecule has 0 radical (unpaired) electrons. The molecule has 0 aromatic heterocycles. The highest BCUT2D eigenvalue weighted by Gasteiger charge is 2.36. The van der Waals surface area contributed by atoms with E-state index in [1.54, 1.807) is 0 Å². The Bertz CT molecular complexity index is 371. The average molecular weight is 707 g/mol. The second-order valence-electron chi connectivity index (χ2n) is 11.9. The van der Waals surface area contributed by atoms with Crippen LogP contribution in [0.4, 0.5) is 0 Å². The molecule has 0 aliphatic carbocycles. The highest BCUT2D eigenvalue weighted by molar-refractivity contribution is 4.54. The number of hydrogen-bond donors (Lipinski definition) is 0. The zero-order valence-electron chi connectivity index (χ0n) is 24.0. The molecule has 0 saturated carbocycles. The van der Waals surface area contributed by atoms with E-state index >= 15 is 0 Å². The summed E-state index contributed by atoms with van der Waals surface area (Å²) in [4.78, 5) is 0. The van der Waals surface area contributed by atoms with Crippen LogP contribution in [-0.4, -0.2) is 62.3 Å². The first kappa shape index (κ1) is 37.5. The maximum absolute atomic E-state index is 2.54. The zero-order valence-corrected chi connectivity index (χ0v) is 28.4. The van der Waals surface area contributed by atoms with E-state index in [-0.39, 0.29) is 48.0 Å². The molecule has 1 heterocycles. The quantitative estimate of drug-likeness (QED) is 0.0925. The molecule has 0 atom stereocenters. The molecule has 0 aromatic carbocycles.